The molecule has 62 valence electrons. The summed E-state index contributed by atoms with van der Waals surface area (Å²) in [5.41, 5.74) is 1.14. The third-order valence-electron chi connectivity index (χ3n) is 1.88. The van der Waals surface area contributed by atoms with Gasteiger partial charge in [-0.05, 0) is 12.1 Å². The van der Waals surface area contributed by atoms with E-state index in [1.54, 1.807) is 0 Å². The van der Waals surface area contributed by atoms with E-state index in [1.165, 1.54) is 0 Å². The second-order valence-electron chi connectivity index (χ2n) is 2.70. The van der Waals surface area contributed by atoms with Crippen LogP contribution in [0.3, 0.4) is 0 Å². The number of nitrogens with zero attached hydrogens (tertiary/aromatic N) is 2. The van der Waals surface area contributed by atoms with Gasteiger partial charge in [-0.2, -0.15) is 0 Å². The third kappa shape index (κ3) is 1.32. The van der Waals surface area contributed by atoms with Gasteiger partial charge in [0.2, 0.25) is 0 Å². The Balaban J connectivity index is 2.33. The summed E-state index contributed by atoms with van der Waals surface area (Å²) in [6.45, 7) is 1.86. The van der Waals surface area contributed by atoms with Crippen molar-refractivity contribution in [2.45, 2.75) is 4.90 Å². The highest BCUT2D eigenvalue weighted by Gasteiger charge is 2.09. The summed E-state index contributed by atoms with van der Waals surface area (Å²) in [6, 6.07) is 8.05. The molecule has 1 aromatic carbocycles. The van der Waals surface area contributed by atoms with Crippen LogP contribution in [0.25, 0.3) is 0 Å². The van der Waals surface area contributed by atoms with Gasteiger partial charge >= 0.3 is 0 Å². The number of rotatable bonds is 1. The van der Waals surface area contributed by atoms with Crippen molar-refractivity contribution in [3.05, 3.63) is 24.3 Å². The number of benzene rings is 1. The minimum Gasteiger partial charge on any atom is -0.330 e. The Morgan fingerprint density at radius 1 is 1.33 bits per heavy atom. The van der Waals surface area contributed by atoms with Crippen LogP contribution in [0.15, 0.2) is 34.2 Å². The van der Waals surface area contributed by atoms with Crippen molar-refractivity contribution >= 4 is 24.7 Å². The molecule has 0 saturated carbocycles. The molecule has 12 heavy (non-hydrogen) atoms. The first-order valence-electron chi connectivity index (χ1n) is 3.92. The molecule has 0 fully saturated rings. The molecular formula is C9H10N2S. The zero-order chi connectivity index (χ0) is 8.39. The van der Waals surface area contributed by atoms with Crippen LogP contribution < -0.4 is 4.90 Å². The maximum atomic E-state index is 4.37. The second kappa shape index (κ2) is 3.19. The lowest BCUT2D eigenvalue weighted by Gasteiger charge is -2.15. The number of aliphatic imine (C=N–C) groups is 1. The molecule has 0 N–H and O–H groups in total. The van der Waals surface area contributed by atoms with E-state index in [2.05, 4.69) is 28.6 Å². The summed E-state index contributed by atoms with van der Waals surface area (Å²) >= 11 is 4.37. The standard InChI is InChI=1S/C9H10N2S/c12-9-4-2-1-3-8(9)11-6-5-10-7-11/h1-4,7,12H,5-6H2. The molecule has 0 atom stereocenters. The van der Waals surface area contributed by atoms with Gasteiger partial charge in [0.25, 0.3) is 0 Å². The van der Waals surface area contributed by atoms with E-state index in [-0.39, 0.29) is 0 Å². The average molecular weight is 178 g/mol. The smallest absolute Gasteiger partial charge is 0.0896 e. The van der Waals surface area contributed by atoms with Crippen LogP contribution in [-0.2, 0) is 0 Å². The third-order valence-corrected chi connectivity index (χ3v) is 2.26. The van der Waals surface area contributed by atoms with Gasteiger partial charge in [0, 0.05) is 11.4 Å². The fourth-order valence-electron chi connectivity index (χ4n) is 1.27. The van der Waals surface area contributed by atoms with Gasteiger partial charge in [0.1, 0.15) is 0 Å². The Kier molecular flexibility index (Phi) is 2.04. The predicted molar refractivity (Wildman–Crippen MR) is 54.4 cm³/mol. The van der Waals surface area contributed by atoms with Crippen molar-refractivity contribution in [1.29, 1.82) is 0 Å². The molecule has 1 aromatic rings. The van der Waals surface area contributed by atoms with Crippen LogP contribution in [0.4, 0.5) is 5.69 Å². The van der Waals surface area contributed by atoms with Crippen LogP contribution >= 0.6 is 12.6 Å². The Morgan fingerprint density at radius 3 is 2.83 bits per heavy atom. The van der Waals surface area contributed by atoms with Crippen molar-refractivity contribution in [3.8, 4) is 0 Å². The summed E-state index contributed by atoms with van der Waals surface area (Å²) in [5.74, 6) is 0. The molecule has 2 nitrogen and oxygen atoms in total. The minimum absolute atomic E-state index is 0.891. The summed E-state index contributed by atoms with van der Waals surface area (Å²) in [7, 11) is 0. The normalized spacial score (nSPS) is 15.6. The van der Waals surface area contributed by atoms with Crippen LogP contribution in [0.1, 0.15) is 0 Å². The van der Waals surface area contributed by atoms with E-state index >= 15 is 0 Å². The van der Waals surface area contributed by atoms with Gasteiger partial charge < -0.3 is 4.90 Å². The van der Waals surface area contributed by atoms with Gasteiger partial charge in [0.15, 0.2) is 0 Å². The predicted octanol–water partition coefficient (Wildman–Crippen LogP) is 1.82. The molecule has 1 aliphatic heterocycles. The topological polar surface area (TPSA) is 15.6 Å². The summed E-state index contributed by atoms with van der Waals surface area (Å²) in [6.07, 6.45) is 1.87. The molecule has 0 radical (unpaired) electrons. The molecule has 1 heterocycles. The molecule has 0 aliphatic carbocycles. The van der Waals surface area contributed by atoms with Crippen LogP contribution in [0, 0.1) is 0 Å². The molecule has 3 heteroatoms. The van der Waals surface area contributed by atoms with E-state index < -0.39 is 0 Å². The van der Waals surface area contributed by atoms with E-state index in [4.69, 9.17) is 0 Å². The molecule has 0 aromatic heterocycles. The first kappa shape index (κ1) is 7.68. The highest BCUT2D eigenvalue weighted by atomic mass is 32.1. The van der Waals surface area contributed by atoms with E-state index in [1.807, 2.05) is 24.5 Å². The van der Waals surface area contributed by atoms with E-state index in [0.29, 0.717) is 0 Å². The molecule has 2 rings (SSSR count). The fraction of sp³-hybridized carbons (Fsp3) is 0.222. The Bertz CT molecular complexity index is 309. The van der Waals surface area contributed by atoms with Gasteiger partial charge in [-0.3, -0.25) is 4.99 Å². The molecule has 1 aliphatic rings. The molecular weight excluding hydrogens is 168 g/mol. The molecule has 0 bridgehead atoms. The quantitative estimate of drug-likeness (QED) is 0.648. The number of thiol groups is 1. The minimum atomic E-state index is 0.891. The maximum absolute atomic E-state index is 4.37. The van der Waals surface area contributed by atoms with Crippen LogP contribution in [0.2, 0.25) is 0 Å². The van der Waals surface area contributed by atoms with Gasteiger partial charge in [0.05, 0.1) is 18.6 Å². The maximum Gasteiger partial charge on any atom is 0.0896 e. The largest absolute Gasteiger partial charge is 0.330 e. The SMILES string of the molecule is Sc1ccccc1N1C=NCC1. The molecule has 0 spiro atoms. The van der Waals surface area contributed by atoms with E-state index in [9.17, 15) is 0 Å². The molecule has 0 saturated heterocycles. The second-order valence-corrected chi connectivity index (χ2v) is 3.19. The first-order chi connectivity index (χ1) is 5.88. The lowest BCUT2D eigenvalue weighted by atomic mass is 10.3. The van der Waals surface area contributed by atoms with Crippen molar-refractivity contribution in [2.24, 2.45) is 4.99 Å². The number of hydrogen-bond acceptors (Lipinski definition) is 3. The Labute approximate surface area is 77.3 Å². The van der Waals surface area contributed by atoms with Crippen molar-refractivity contribution in [1.82, 2.24) is 0 Å². The summed E-state index contributed by atoms with van der Waals surface area (Å²) < 4.78 is 0. The fourth-order valence-corrected chi connectivity index (χ4v) is 1.56. The number of hydrogen-bond donors (Lipinski definition) is 1. The van der Waals surface area contributed by atoms with Crippen molar-refractivity contribution in [2.75, 3.05) is 18.0 Å². The summed E-state index contributed by atoms with van der Waals surface area (Å²) in [4.78, 5) is 7.27. The Hall–Kier alpha value is -0.960. The summed E-state index contributed by atoms with van der Waals surface area (Å²) in [5, 5.41) is 0. The lowest BCUT2D eigenvalue weighted by Crippen LogP contribution is -2.18. The van der Waals surface area contributed by atoms with Crippen LogP contribution in [-0.4, -0.2) is 19.4 Å². The highest BCUT2D eigenvalue weighted by Crippen LogP contribution is 2.23. The monoisotopic (exact) mass is 178 g/mol. The lowest BCUT2D eigenvalue weighted by molar-refractivity contribution is 1.01. The Morgan fingerprint density at radius 2 is 2.17 bits per heavy atom. The highest BCUT2D eigenvalue weighted by molar-refractivity contribution is 7.80. The van der Waals surface area contributed by atoms with Crippen molar-refractivity contribution < 1.29 is 0 Å². The zero-order valence-electron chi connectivity index (χ0n) is 6.64. The van der Waals surface area contributed by atoms with E-state index in [0.717, 1.165) is 23.7 Å². The van der Waals surface area contributed by atoms with Gasteiger partial charge in [-0.1, -0.05) is 12.1 Å². The van der Waals surface area contributed by atoms with Gasteiger partial charge in [-0.25, -0.2) is 0 Å². The first-order valence-corrected chi connectivity index (χ1v) is 4.37. The average Bonchev–Trinajstić information content (AvgIpc) is 2.57. The number of para-hydroxylation sites is 1. The van der Waals surface area contributed by atoms with Crippen LogP contribution in [0.5, 0.6) is 0 Å². The zero-order valence-corrected chi connectivity index (χ0v) is 7.54. The molecule has 0 unspecified atom stereocenters. The molecule has 0 amide bonds. The van der Waals surface area contributed by atoms with Crippen molar-refractivity contribution in [3.63, 3.8) is 0 Å². The van der Waals surface area contributed by atoms with Gasteiger partial charge in [-0.15, -0.1) is 12.6 Å². The number of anilines is 1.